The van der Waals surface area contributed by atoms with Crippen LogP contribution in [0.25, 0.3) is 0 Å². The van der Waals surface area contributed by atoms with Gasteiger partial charge in [-0.05, 0) is 61.4 Å². The maximum absolute atomic E-state index is 12.0. The minimum atomic E-state index is -0.650. The van der Waals surface area contributed by atoms with Gasteiger partial charge in [-0.1, -0.05) is 6.92 Å². The van der Waals surface area contributed by atoms with Crippen LogP contribution in [0.3, 0.4) is 0 Å². The largest absolute Gasteiger partial charge is 0.482 e. The molecule has 1 N–H and O–H groups in total. The number of hydrogen-bond donors (Lipinski definition) is 1. The number of carbonyl (C=O) groups is 3. The number of anilines is 2. The van der Waals surface area contributed by atoms with Crippen molar-refractivity contribution in [2.45, 2.75) is 26.2 Å². The lowest BCUT2D eigenvalue weighted by Gasteiger charge is -2.17. The van der Waals surface area contributed by atoms with E-state index in [2.05, 4.69) is 10.2 Å². The van der Waals surface area contributed by atoms with E-state index in [0.29, 0.717) is 23.4 Å². The number of ketones is 1. The Morgan fingerprint density at radius 3 is 2.23 bits per heavy atom. The number of amides is 1. The molecule has 2 aromatic rings. The summed E-state index contributed by atoms with van der Waals surface area (Å²) in [5.41, 5.74) is 2.38. The van der Waals surface area contributed by atoms with Gasteiger partial charge in [0.15, 0.2) is 19.0 Å². The predicted octanol–water partition coefficient (Wildman–Crippen LogP) is 3.44. The van der Waals surface area contributed by atoms with Crippen LogP contribution in [0.4, 0.5) is 11.4 Å². The molecule has 0 spiro atoms. The average molecular weight is 410 g/mol. The molecule has 1 aliphatic heterocycles. The van der Waals surface area contributed by atoms with Crippen molar-refractivity contribution in [3.63, 3.8) is 0 Å². The third-order valence-corrected chi connectivity index (χ3v) is 4.84. The van der Waals surface area contributed by atoms with Gasteiger partial charge in [0.1, 0.15) is 5.75 Å². The summed E-state index contributed by atoms with van der Waals surface area (Å²) >= 11 is 0. The molecule has 0 bridgehead atoms. The summed E-state index contributed by atoms with van der Waals surface area (Å²) in [7, 11) is 0. The Labute approximate surface area is 176 Å². The van der Waals surface area contributed by atoms with Gasteiger partial charge in [-0.25, -0.2) is 4.79 Å². The molecule has 1 amide bonds. The van der Waals surface area contributed by atoms with Gasteiger partial charge in [-0.2, -0.15) is 0 Å². The van der Waals surface area contributed by atoms with Gasteiger partial charge in [-0.3, -0.25) is 9.59 Å². The molecule has 0 unspecified atom stereocenters. The van der Waals surface area contributed by atoms with Crippen molar-refractivity contribution in [3.05, 3.63) is 54.1 Å². The topological polar surface area (TPSA) is 84.9 Å². The Morgan fingerprint density at radius 1 is 0.933 bits per heavy atom. The number of carbonyl (C=O) groups excluding carboxylic acids is 3. The third-order valence-electron chi connectivity index (χ3n) is 4.84. The zero-order chi connectivity index (χ0) is 21.3. The summed E-state index contributed by atoms with van der Waals surface area (Å²) in [6, 6.07) is 14.2. The molecular formula is C23H26N2O5. The van der Waals surface area contributed by atoms with Crippen molar-refractivity contribution in [1.82, 2.24) is 0 Å². The normalized spacial score (nSPS) is 13.0. The number of benzene rings is 2. The first-order valence-electron chi connectivity index (χ1n) is 10.1. The minimum absolute atomic E-state index is 0.0395. The lowest BCUT2D eigenvalue weighted by atomic mass is 10.1. The highest BCUT2D eigenvalue weighted by Crippen LogP contribution is 2.22. The predicted molar refractivity (Wildman–Crippen MR) is 114 cm³/mol. The van der Waals surface area contributed by atoms with E-state index in [1.165, 1.54) is 12.8 Å². The molecule has 1 saturated heterocycles. The highest BCUT2D eigenvalue weighted by molar-refractivity contribution is 5.96. The van der Waals surface area contributed by atoms with E-state index in [9.17, 15) is 14.4 Å². The fourth-order valence-electron chi connectivity index (χ4n) is 3.20. The minimum Gasteiger partial charge on any atom is -0.482 e. The zero-order valence-electron chi connectivity index (χ0n) is 17.1. The van der Waals surface area contributed by atoms with E-state index in [1.54, 1.807) is 31.2 Å². The SMILES string of the molecule is CCC(=O)c1ccc(OCC(=O)OCC(=O)Nc2ccc(N3CCCC3)cc2)cc1. The van der Waals surface area contributed by atoms with Crippen LogP contribution in [0.15, 0.2) is 48.5 Å². The van der Waals surface area contributed by atoms with E-state index >= 15 is 0 Å². The van der Waals surface area contributed by atoms with Gasteiger partial charge in [0.05, 0.1) is 0 Å². The van der Waals surface area contributed by atoms with Crippen LogP contribution in [0, 0.1) is 0 Å². The van der Waals surface area contributed by atoms with E-state index in [4.69, 9.17) is 9.47 Å². The van der Waals surface area contributed by atoms with Crippen LogP contribution in [-0.2, 0) is 14.3 Å². The molecule has 1 aliphatic rings. The first-order valence-corrected chi connectivity index (χ1v) is 10.1. The van der Waals surface area contributed by atoms with E-state index < -0.39 is 11.9 Å². The summed E-state index contributed by atoms with van der Waals surface area (Å²) < 4.78 is 10.3. The van der Waals surface area contributed by atoms with Crippen LogP contribution in [0.5, 0.6) is 5.75 Å². The van der Waals surface area contributed by atoms with Gasteiger partial charge in [0.2, 0.25) is 0 Å². The molecule has 30 heavy (non-hydrogen) atoms. The van der Waals surface area contributed by atoms with Gasteiger partial charge in [-0.15, -0.1) is 0 Å². The van der Waals surface area contributed by atoms with Crippen molar-refractivity contribution >= 4 is 29.0 Å². The highest BCUT2D eigenvalue weighted by atomic mass is 16.6. The molecule has 0 aliphatic carbocycles. The molecule has 158 valence electrons. The van der Waals surface area contributed by atoms with E-state index in [1.807, 2.05) is 24.3 Å². The van der Waals surface area contributed by atoms with Crippen molar-refractivity contribution in [2.75, 3.05) is 36.5 Å². The Hall–Kier alpha value is -3.35. The molecule has 0 aromatic heterocycles. The molecule has 3 rings (SSSR count). The van der Waals surface area contributed by atoms with Crippen LogP contribution >= 0.6 is 0 Å². The number of nitrogens with one attached hydrogen (secondary N) is 1. The van der Waals surface area contributed by atoms with Crippen LogP contribution in [0.2, 0.25) is 0 Å². The van der Waals surface area contributed by atoms with E-state index in [-0.39, 0.29) is 19.0 Å². The smallest absolute Gasteiger partial charge is 0.344 e. The molecule has 2 aromatic carbocycles. The summed E-state index contributed by atoms with van der Waals surface area (Å²) in [5, 5.41) is 2.70. The second kappa shape index (κ2) is 10.4. The lowest BCUT2D eigenvalue weighted by molar-refractivity contribution is -0.149. The first kappa shape index (κ1) is 21.4. The van der Waals surface area contributed by atoms with Crippen molar-refractivity contribution < 1.29 is 23.9 Å². The van der Waals surface area contributed by atoms with Gasteiger partial charge >= 0.3 is 5.97 Å². The highest BCUT2D eigenvalue weighted by Gasteiger charge is 2.13. The number of esters is 1. The zero-order valence-corrected chi connectivity index (χ0v) is 17.1. The number of nitrogens with zero attached hydrogens (tertiary/aromatic N) is 1. The molecule has 1 heterocycles. The number of hydrogen-bond acceptors (Lipinski definition) is 6. The molecule has 0 saturated carbocycles. The molecule has 7 heteroatoms. The Bertz CT molecular complexity index is 871. The van der Waals surface area contributed by atoms with Crippen LogP contribution < -0.4 is 15.0 Å². The maximum atomic E-state index is 12.0. The fraction of sp³-hybridized carbons (Fsp3) is 0.348. The Balaban J connectivity index is 1.38. The Kier molecular flexibility index (Phi) is 7.43. The number of ether oxygens (including phenoxy) is 2. The summed E-state index contributed by atoms with van der Waals surface area (Å²) in [4.78, 5) is 37.7. The third kappa shape index (κ3) is 6.07. The van der Waals surface area contributed by atoms with E-state index in [0.717, 1.165) is 18.8 Å². The molecule has 1 fully saturated rings. The Morgan fingerprint density at radius 2 is 1.60 bits per heavy atom. The van der Waals surface area contributed by atoms with Crippen molar-refractivity contribution in [1.29, 1.82) is 0 Å². The van der Waals surface area contributed by atoms with Gasteiger partial charge in [0.25, 0.3) is 5.91 Å². The summed E-state index contributed by atoms with van der Waals surface area (Å²) in [6.45, 7) is 3.21. The summed E-state index contributed by atoms with van der Waals surface area (Å²) in [6.07, 6.45) is 2.84. The molecular weight excluding hydrogens is 384 g/mol. The van der Waals surface area contributed by atoms with Crippen molar-refractivity contribution in [2.24, 2.45) is 0 Å². The van der Waals surface area contributed by atoms with Crippen molar-refractivity contribution in [3.8, 4) is 5.75 Å². The van der Waals surface area contributed by atoms with Crippen LogP contribution in [-0.4, -0.2) is 44.0 Å². The number of Topliss-reactive ketones (excluding diaryl/α,β-unsaturated/α-hetero) is 1. The second-order valence-corrected chi connectivity index (χ2v) is 7.04. The quantitative estimate of drug-likeness (QED) is 0.504. The summed E-state index contributed by atoms with van der Waals surface area (Å²) in [5.74, 6) is -0.581. The van der Waals surface area contributed by atoms with Gasteiger partial charge < -0.3 is 19.7 Å². The first-order chi connectivity index (χ1) is 14.5. The average Bonchev–Trinajstić information content (AvgIpc) is 3.31. The van der Waals surface area contributed by atoms with Gasteiger partial charge in [0, 0.05) is 36.4 Å². The lowest BCUT2D eigenvalue weighted by Crippen LogP contribution is -2.23. The molecule has 7 nitrogen and oxygen atoms in total. The number of rotatable bonds is 9. The standard InChI is InChI=1S/C23H26N2O5/c1-2-21(26)17-5-11-20(12-6-17)29-16-23(28)30-15-22(27)24-18-7-9-19(10-8-18)25-13-3-4-14-25/h5-12H,2-4,13-16H2,1H3,(H,24,27). The molecule has 0 atom stereocenters. The second-order valence-electron chi connectivity index (χ2n) is 7.04. The van der Waals surface area contributed by atoms with Crippen LogP contribution in [0.1, 0.15) is 36.5 Å². The maximum Gasteiger partial charge on any atom is 0.344 e. The fourth-order valence-corrected chi connectivity index (χ4v) is 3.20. The molecule has 0 radical (unpaired) electrons. The monoisotopic (exact) mass is 410 g/mol.